The number of fused-ring (bicyclic) bond motifs is 2. The Labute approximate surface area is 146 Å². The Kier molecular flexibility index (Phi) is 4.73. The molecule has 0 amide bonds. The zero-order chi connectivity index (χ0) is 15.8. The molecule has 5 nitrogen and oxygen atoms in total. The van der Waals surface area contributed by atoms with Gasteiger partial charge in [0.2, 0.25) is 5.36 Å². The number of ether oxygens (including phenoxy) is 1. The van der Waals surface area contributed by atoms with Gasteiger partial charge in [0.05, 0.1) is 19.3 Å². The molecule has 126 valence electrons. The molecule has 2 heterocycles. The first-order chi connectivity index (χ1) is 11.2. The highest BCUT2D eigenvalue weighted by atomic mass is 35.5. The van der Waals surface area contributed by atoms with Crippen molar-refractivity contribution in [2.75, 3.05) is 45.3 Å². The molecule has 1 aromatic carbocycles. The van der Waals surface area contributed by atoms with Gasteiger partial charge >= 0.3 is 0 Å². The van der Waals surface area contributed by atoms with Gasteiger partial charge in [0, 0.05) is 30.9 Å². The molecule has 1 saturated heterocycles. The lowest BCUT2D eigenvalue weighted by Gasteiger charge is -2.28. The van der Waals surface area contributed by atoms with E-state index < -0.39 is 0 Å². The maximum atomic E-state index is 6.12. The molecule has 1 aromatic rings. The van der Waals surface area contributed by atoms with E-state index >= 15 is 0 Å². The first-order valence-corrected chi connectivity index (χ1v) is 7.88. The number of hydrogen-bond donors (Lipinski definition) is 0. The van der Waals surface area contributed by atoms with Crippen LogP contribution in [0.4, 0.5) is 5.69 Å². The highest BCUT2D eigenvalue weighted by Crippen LogP contribution is 2.27. The van der Waals surface area contributed by atoms with Gasteiger partial charge < -0.3 is 26.5 Å². The number of anilines is 1. The van der Waals surface area contributed by atoms with Crippen molar-refractivity contribution in [2.24, 2.45) is 0 Å². The molecule has 0 aromatic heterocycles. The second-order valence-corrected chi connectivity index (χ2v) is 6.01. The number of benzene rings is 2. The molecule has 1 aliphatic carbocycles. The molecule has 0 atom stereocenters. The molecule has 2 aliphatic heterocycles. The van der Waals surface area contributed by atoms with E-state index in [0.29, 0.717) is 0 Å². The quantitative estimate of drug-likeness (QED) is 0.411. The molecule has 3 aliphatic rings. The van der Waals surface area contributed by atoms with Crippen LogP contribution in [0.2, 0.25) is 0 Å². The first-order valence-electron chi connectivity index (χ1n) is 7.88. The van der Waals surface area contributed by atoms with Crippen LogP contribution in [0.1, 0.15) is 0 Å². The fraction of sp³-hybridized carbons (Fsp3) is 0.333. The standard InChI is InChI=1S/C18H20N3O2.ClH/c1-20(2)13-3-5-15-17(11-13)23-18-12-14(4-6-16(18)19-15)21-7-9-22-10-8-21;/h3-6,11-12H,7-10H2,1-2H3;1H/q+1;/p-1. The van der Waals surface area contributed by atoms with Crippen molar-refractivity contribution < 1.29 is 21.6 Å². The topological polar surface area (TPSA) is 41.5 Å². The minimum Gasteiger partial charge on any atom is -1.00 e. The number of rotatable bonds is 1. The van der Waals surface area contributed by atoms with Crippen LogP contribution >= 0.6 is 0 Å². The zero-order valence-corrected chi connectivity index (χ0v) is 14.6. The van der Waals surface area contributed by atoms with Gasteiger partial charge in [0.25, 0.3) is 0 Å². The highest BCUT2D eigenvalue weighted by molar-refractivity contribution is 5.80. The average molecular weight is 346 g/mol. The van der Waals surface area contributed by atoms with E-state index in [2.05, 4.69) is 27.7 Å². The van der Waals surface area contributed by atoms with Crippen LogP contribution in [0.3, 0.4) is 0 Å². The molecule has 0 unspecified atom stereocenters. The highest BCUT2D eigenvalue weighted by Gasteiger charge is 2.14. The third-order valence-corrected chi connectivity index (χ3v) is 4.24. The Bertz CT molecular complexity index is 896. The summed E-state index contributed by atoms with van der Waals surface area (Å²) < 4.78 is 13.6. The lowest BCUT2D eigenvalue weighted by molar-refractivity contribution is -0.00000595. The maximum absolute atomic E-state index is 6.12. The Hall–Kier alpha value is -2.11. The second-order valence-electron chi connectivity index (χ2n) is 6.01. The lowest BCUT2D eigenvalue weighted by atomic mass is 10.2. The van der Waals surface area contributed by atoms with Crippen LogP contribution in [0.5, 0.6) is 0 Å². The van der Waals surface area contributed by atoms with E-state index in [1.165, 1.54) is 0 Å². The summed E-state index contributed by atoms with van der Waals surface area (Å²) in [6, 6.07) is 12.3. The fourth-order valence-corrected chi connectivity index (χ4v) is 2.90. The van der Waals surface area contributed by atoms with Crippen molar-refractivity contribution >= 4 is 16.8 Å². The number of hydrogen-bond acceptors (Lipinski definition) is 4. The minimum atomic E-state index is 0. The SMILES string of the molecule is C[N+](C)=c1ccc2nc3ccc(N4CCOCC4)cc3oc-2c1.[Cl-]. The van der Waals surface area contributed by atoms with E-state index in [1.54, 1.807) is 0 Å². The Morgan fingerprint density at radius 1 is 1.04 bits per heavy atom. The predicted octanol–water partition coefficient (Wildman–Crippen LogP) is -1.19. The third-order valence-electron chi connectivity index (χ3n) is 4.24. The minimum absolute atomic E-state index is 0. The fourth-order valence-electron chi connectivity index (χ4n) is 2.90. The van der Waals surface area contributed by atoms with Crippen molar-refractivity contribution in [1.29, 1.82) is 0 Å². The van der Waals surface area contributed by atoms with Crippen LogP contribution in [-0.2, 0) is 4.74 Å². The van der Waals surface area contributed by atoms with Gasteiger partial charge in [0.1, 0.15) is 25.3 Å². The molecule has 1 fully saturated rings. The number of aromatic nitrogens is 1. The number of morpholine rings is 1. The largest absolute Gasteiger partial charge is 1.00 e. The van der Waals surface area contributed by atoms with E-state index in [9.17, 15) is 0 Å². The molecule has 6 heteroatoms. The maximum Gasteiger partial charge on any atom is 0.203 e. The summed E-state index contributed by atoms with van der Waals surface area (Å²) in [6.45, 7) is 3.38. The number of nitrogens with zero attached hydrogens (tertiary/aromatic N) is 3. The van der Waals surface area contributed by atoms with E-state index in [1.807, 2.05) is 32.3 Å². The van der Waals surface area contributed by atoms with Crippen LogP contribution < -0.4 is 27.2 Å². The van der Waals surface area contributed by atoms with Crippen molar-refractivity contribution in [3.8, 4) is 11.5 Å². The zero-order valence-electron chi connectivity index (χ0n) is 13.8. The summed E-state index contributed by atoms with van der Waals surface area (Å²) in [6.07, 6.45) is 0. The van der Waals surface area contributed by atoms with Gasteiger partial charge in [-0.3, -0.25) is 0 Å². The smallest absolute Gasteiger partial charge is 0.203 e. The monoisotopic (exact) mass is 345 g/mol. The predicted molar refractivity (Wildman–Crippen MR) is 90.8 cm³/mol. The molecular weight excluding hydrogens is 326 g/mol. The number of halogens is 1. The van der Waals surface area contributed by atoms with E-state index in [-0.39, 0.29) is 12.4 Å². The molecule has 24 heavy (non-hydrogen) atoms. The van der Waals surface area contributed by atoms with Gasteiger partial charge in [-0.05, 0) is 18.2 Å². The van der Waals surface area contributed by atoms with Crippen LogP contribution in [0.15, 0.2) is 40.8 Å². The van der Waals surface area contributed by atoms with Crippen molar-refractivity contribution in [1.82, 2.24) is 9.56 Å². The summed E-state index contributed by atoms with van der Waals surface area (Å²) in [5, 5.41) is 1.10. The summed E-state index contributed by atoms with van der Waals surface area (Å²) in [4.78, 5) is 7.03. The second kappa shape index (κ2) is 6.79. The molecule has 0 radical (unpaired) electrons. The normalized spacial score (nSPS) is 14.7. The molecule has 0 spiro atoms. The Morgan fingerprint density at radius 2 is 1.83 bits per heavy atom. The molecule has 0 N–H and O–H groups in total. The Balaban J connectivity index is 0.00000169. The molecule has 4 rings (SSSR count). The van der Waals surface area contributed by atoms with Crippen molar-refractivity contribution in [2.45, 2.75) is 0 Å². The summed E-state index contributed by atoms with van der Waals surface area (Å²) in [5.74, 6) is 0.808. The summed E-state index contributed by atoms with van der Waals surface area (Å²) in [5.41, 5.74) is 3.74. The van der Waals surface area contributed by atoms with Crippen molar-refractivity contribution in [3.05, 3.63) is 41.8 Å². The summed E-state index contributed by atoms with van der Waals surface area (Å²) >= 11 is 0. The lowest BCUT2D eigenvalue weighted by Crippen LogP contribution is -3.00. The van der Waals surface area contributed by atoms with Crippen LogP contribution in [-0.4, -0.2) is 45.4 Å². The summed E-state index contributed by atoms with van der Waals surface area (Å²) in [7, 11) is 4.04. The van der Waals surface area contributed by atoms with Gasteiger partial charge in [0.15, 0.2) is 11.3 Å². The van der Waals surface area contributed by atoms with E-state index in [4.69, 9.17) is 14.1 Å². The first kappa shape index (κ1) is 16.7. The molecule has 0 saturated carbocycles. The van der Waals surface area contributed by atoms with Gasteiger partial charge in [-0.15, -0.1) is 0 Å². The Morgan fingerprint density at radius 3 is 2.58 bits per heavy atom. The van der Waals surface area contributed by atoms with Gasteiger partial charge in [-0.2, -0.15) is 0 Å². The van der Waals surface area contributed by atoms with Crippen molar-refractivity contribution in [3.63, 3.8) is 0 Å². The van der Waals surface area contributed by atoms with Crippen LogP contribution in [0, 0.1) is 0 Å². The average Bonchev–Trinajstić information content (AvgIpc) is 2.59. The van der Waals surface area contributed by atoms with Gasteiger partial charge in [-0.1, -0.05) is 0 Å². The molecule has 0 bridgehead atoms. The molecular formula is C18H20ClN3O2. The third kappa shape index (κ3) is 3.09. The van der Waals surface area contributed by atoms with Crippen LogP contribution in [0.25, 0.3) is 22.6 Å². The van der Waals surface area contributed by atoms with E-state index in [0.717, 1.165) is 59.9 Å². The van der Waals surface area contributed by atoms with Gasteiger partial charge in [-0.25, -0.2) is 9.56 Å².